The summed E-state index contributed by atoms with van der Waals surface area (Å²) in [5, 5.41) is 0. The maximum absolute atomic E-state index is 11.0. The van der Waals surface area contributed by atoms with E-state index in [1.54, 1.807) is 0 Å². The van der Waals surface area contributed by atoms with Crippen LogP contribution in [0, 0.1) is 0 Å². The van der Waals surface area contributed by atoms with E-state index in [2.05, 4.69) is 0 Å². The molecule has 2 atom stereocenters. The van der Waals surface area contributed by atoms with Gasteiger partial charge < -0.3 is 14.2 Å². The predicted octanol–water partition coefficient (Wildman–Crippen LogP) is 4.75. The summed E-state index contributed by atoms with van der Waals surface area (Å²) in [6.45, 7) is 1.72. The molecule has 23 heavy (non-hydrogen) atoms. The summed E-state index contributed by atoms with van der Waals surface area (Å²) in [5.74, 6) is -0.00553. The number of ether oxygens (including phenoxy) is 3. The van der Waals surface area contributed by atoms with Gasteiger partial charge in [-0.2, -0.15) is 0 Å². The molecule has 0 saturated carbocycles. The molecule has 4 nitrogen and oxygen atoms in total. The molecule has 0 aromatic rings. The number of esters is 1. The lowest BCUT2D eigenvalue weighted by Crippen LogP contribution is -2.22. The maximum Gasteiger partial charge on any atom is 0.306 e. The first-order valence-electron chi connectivity index (χ1n) is 9.77. The summed E-state index contributed by atoms with van der Waals surface area (Å²) in [7, 11) is 0. The largest absolute Gasteiger partial charge is 0.462 e. The minimum atomic E-state index is -0.00553. The molecule has 1 unspecified atom stereocenters. The highest BCUT2D eigenvalue weighted by Gasteiger charge is 2.22. The molecule has 0 amide bonds. The molecular formula is C19H34O4. The molecule has 2 fully saturated rings. The van der Waals surface area contributed by atoms with E-state index in [1.165, 1.54) is 57.8 Å². The molecule has 134 valence electrons. The molecule has 0 radical (unpaired) electrons. The van der Waals surface area contributed by atoms with Crippen LogP contribution in [0.4, 0.5) is 0 Å². The highest BCUT2D eigenvalue weighted by Crippen LogP contribution is 2.20. The summed E-state index contributed by atoms with van der Waals surface area (Å²) >= 11 is 0. The van der Waals surface area contributed by atoms with Gasteiger partial charge in [-0.25, -0.2) is 0 Å². The van der Waals surface area contributed by atoms with E-state index < -0.39 is 0 Å². The Morgan fingerprint density at radius 2 is 1.65 bits per heavy atom. The second kappa shape index (κ2) is 11.9. The Morgan fingerprint density at radius 1 is 0.913 bits per heavy atom. The van der Waals surface area contributed by atoms with E-state index in [1.807, 2.05) is 0 Å². The van der Waals surface area contributed by atoms with E-state index in [4.69, 9.17) is 14.2 Å². The Hall–Kier alpha value is -0.610. The van der Waals surface area contributed by atoms with Gasteiger partial charge >= 0.3 is 5.97 Å². The van der Waals surface area contributed by atoms with Crippen LogP contribution in [0.25, 0.3) is 0 Å². The third kappa shape index (κ3) is 8.71. The van der Waals surface area contributed by atoms with Crippen molar-refractivity contribution in [3.05, 3.63) is 0 Å². The van der Waals surface area contributed by atoms with Gasteiger partial charge in [0.1, 0.15) is 6.10 Å². The normalized spacial score (nSPS) is 24.8. The van der Waals surface area contributed by atoms with Crippen LogP contribution in [-0.4, -0.2) is 31.6 Å². The zero-order chi connectivity index (χ0) is 16.2. The summed E-state index contributed by atoms with van der Waals surface area (Å²) in [6, 6.07) is 0. The van der Waals surface area contributed by atoms with E-state index in [0.29, 0.717) is 6.42 Å². The van der Waals surface area contributed by atoms with Crippen molar-refractivity contribution in [1.29, 1.82) is 0 Å². The fraction of sp³-hybridized carbons (Fsp3) is 0.947. The van der Waals surface area contributed by atoms with E-state index in [9.17, 15) is 4.79 Å². The van der Waals surface area contributed by atoms with E-state index in [0.717, 1.165) is 38.9 Å². The van der Waals surface area contributed by atoms with Gasteiger partial charge in [0.2, 0.25) is 0 Å². The fourth-order valence-corrected chi connectivity index (χ4v) is 3.38. The highest BCUT2D eigenvalue weighted by atomic mass is 16.7. The van der Waals surface area contributed by atoms with Crippen LogP contribution in [0.5, 0.6) is 0 Å². The molecule has 2 aliphatic heterocycles. The van der Waals surface area contributed by atoms with Crippen molar-refractivity contribution in [2.24, 2.45) is 0 Å². The summed E-state index contributed by atoms with van der Waals surface area (Å²) < 4.78 is 16.5. The lowest BCUT2D eigenvalue weighted by molar-refractivity contribution is -0.162. The monoisotopic (exact) mass is 326 g/mol. The quantitative estimate of drug-likeness (QED) is 0.383. The third-order valence-electron chi connectivity index (χ3n) is 4.83. The van der Waals surface area contributed by atoms with Crippen LogP contribution in [0.15, 0.2) is 0 Å². The van der Waals surface area contributed by atoms with Gasteiger partial charge in [-0.3, -0.25) is 4.79 Å². The van der Waals surface area contributed by atoms with Crippen molar-refractivity contribution >= 4 is 5.97 Å². The lowest BCUT2D eigenvalue weighted by Gasteiger charge is -2.22. The van der Waals surface area contributed by atoms with Crippen LogP contribution < -0.4 is 0 Å². The number of rotatable bonds is 12. The van der Waals surface area contributed by atoms with Crippen LogP contribution in [0.3, 0.4) is 0 Å². The minimum Gasteiger partial charge on any atom is -0.462 e. The number of unbranched alkanes of at least 4 members (excludes halogenated alkanes) is 7. The summed E-state index contributed by atoms with van der Waals surface area (Å²) in [5.41, 5.74) is 0. The Labute approximate surface area is 141 Å². The van der Waals surface area contributed by atoms with Gasteiger partial charge in [0, 0.05) is 19.6 Å². The lowest BCUT2D eigenvalue weighted by atomic mass is 10.0. The van der Waals surface area contributed by atoms with Crippen LogP contribution in [-0.2, 0) is 19.0 Å². The van der Waals surface area contributed by atoms with E-state index in [-0.39, 0.29) is 18.4 Å². The smallest absolute Gasteiger partial charge is 0.306 e. The number of carbonyl (C=O) groups is 1. The second-order valence-corrected chi connectivity index (χ2v) is 6.93. The van der Waals surface area contributed by atoms with Crippen LogP contribution in [0.2, 0.25) is 0 Å². The number of hydrogen-bond acceptors (Lipinski definition) is 4. The number of cyclic esters (lactones) is 1. The standard InChI is InChI=1S/C19H34O4/c20-18-14-13-17(23-18)11-7-5-3-1-2-4-6-9-15-21-19-12-8-10-16-22-19/h17,19H,1-16H2/t17-,19?/m1/s1. The molecule has 0 N–H and O–H groups in total. The SMILES string of the molecule is O=C1CC[C@@H](CCCCCCCCCCOC2CCCCO2)O1. The van der Waals surface area contributed by atoms with Gasteiger partial charge in [-0.1, -0.05) is 38.5 Å². The Bertz CT molecular complexity index is 312. The highest BCUT2D eigenvalue weighted by molar-refractivity contribution is 5.71. The van der Waals surface area contributed by atoms with Crippen molar-refractivity contribution in [2.45, 2.75) is 102 Å². The van der Waals surface area contributed by atoms with Crippen molar-refractivity contribution in [1.82, 2.24) is 0 Å². The summed E-state index contributed by atoms with van der Waals surface area (Å²) in [6.07, 6.45) is 16.6. The first-order valence-corrected chi connectivity index (χ1v) is 9.77. The molecule has 2 heterocycles. The minimum absolute atomic E-state index is 0.00553. The molecule has 0 aromatic heterocycles. The molecule has 4 heteroatoms. The molecular weight excluding hydrogens is 292 g/mol. The van der Waals surface area contributed by atoms with Crippen molar-refractivity contribution in [2.75, 3.05) is 13.2 Å². The van der Waals surface area contributed by atoms with E-state index >= 15 is 0 Å². The molecule has 0 bridgehead atoms. The number of carbonyl (C=O) groups excluding carboxylic acids is 1. The van der Waals surface area contributed by atoms with Gasteiger partial charge in [-0.05, 0) is 44.9 Å². The van der Waals surface area contributed by atoms with Crippen LogP contribution in [0.1, 0.15) is 89.9 Å². The molecule has 2 saturated heterocycles. The second-order valence-electron chi connectivity index (χ2n) is 6.93. The number of hydrogen-bond donors (Lipinski definition) is 0. The molecule has 0 spiro atoms. The average Bonchev–Trinajstić information content (AvgIpc) is 2.99. The molecule has 2 aliphatic rings. The summed E-state index contributed by atoms with van der Waals surface area (Å²) in [4.78, 5) is 11.0. The van der Waals surface area contributed by atoms with Crippen molar-refractivity contribution in [3.63, 3.8) is 0 Å². The zero-order valence-electron chi connectivity index (χ0n) is 14.6. The van der Waals surface area contributed by atoms with Gasteiger partial charge in [0.25, 0.3) is 0 Å². The Kier molecular flexibility index (Phi) is 9.65. The fourth-order valence-electron chi connectivity index (χ4n) is 3.38. The first-order chi connectivity index (χ1) is 11.3. The topological polar surface area (TPSA) is 44.8 Å². The van der Waals surface area contributed by atoms with Gasteiger partial charge in [-0.15, -0.1) is 0 Å². The van der Waals surface area contributed by atoms with Gasteiger partial charge in [0.15, 0.2) is 6.29 Å². The molecule has 0 aromatic carbocycles. The molecule has 0 aliphatic carbocycles. The van der Waals surface area contributed by atoms with Gasteiger partial charge in [0.05, 0.1) is 0 Å². The average molecular weight is 326 g/mol. The maximum atomic E-state index is 11.0. The Morgan fingerprint density at radius 3 is 2.30 bits per heavy atom. The van der Waals surface area contributed by atoms with Crippen molar-refractivity contribution < 1.29 is 19.0 Å². The zero-order valence-corrected chi connectivity index (χ0v) is 14.6. The third-order valence-corrected chi connectivity index (χ3v) is 4.83. The molecule has 2 rings (SSSR count). The van der Waals surface area contributed by atoms with Crippen molar-refractivity contribution in [3.8, 4) is 0 Å². The van der Waals surface area contributed by atoms with Crippen LogP contribution >= 0.6 is 0 Å². The first kappa shape index (κ1) is 18.7. The predicted molar refractivity (Wildman–Crippen MR) is 90.2 cm³/mol. The Balaban J connectivity index is 1.27.